The van der Waals surface area contributed by atoms with Crippen molar-refractivity contribution in [3.63, 3.8) is 0 Å². The first-order valence-electron chi connectivity index (χ1n) is 10.7. The molecule has 0 radical (unpaired) electrons. The summed E-state index contributed by atoms with van der Waals surface area (Å²) < 4.78 is 11.6. The maximum atomic E-state index is 12.9. The molecule has 168 valence electrons. The van der Waals surface area contributed by atoms with Gasteiger partial charge in [-0.15, -0.1) is 0 Å². The van der Waals surface area contributed by atoms with E-state index in [4.69, 9.17) is 9.47 Å². The average molecular weight is 435 g/mol. The van der Waals surface area contributed by atoms with Gasteiger partial charge in [0.05, 0.1) is 19.4 Å². The molecule has 1 N–H and O–H groups in total. The normalized spacial score (nSPS) is 19.9. The number of allylic oxidation sites excluding steroid dienone is 3. The second-order valence-electron chi connectivity index (χ2n) is 9.15. The lowest BCUT2D eigenvalue weighted by Gasteiger charge is -2.35. The molecule has 0 aliphatic carbocycles. The molecule has 1 saturated heterocycles. The SMILES string of the molecule is C=C1C=CC(OCC(C)(C)COCC)=CN1/C(C)=C(\C)C(=O)NC1(C)CCSCC1. The monoisotopic (exact) mass is 434 g/mol. The number of amides is 1. The number of thioether (sulfide) groups is 1. The van der Waals surface area contributed by atoms with Crippen LogP contribution < -0.4 is 5.32 Å². The number of rotatable bonds is 9. The third-order valence-corrected chi connectivity index (χ3v) is 6.57. The molecule has 30 heavy (non-hydrogen) atoms. The van der Waals surface area contributed by atoms with Gasteiger partial charge in [-0.05, 0) is 64.2 Å². The van der Waals surface area contributed by atoms with Gasteiger partial charge >= 0.3 is 0 Å². The molecule has 0 aromatic carbocycles. The third-order valence-electron chi connectivity index (χ3n) is 5.59. The summed E-state index contributed by atoms with van der Waals surface area (Å²) in [4.78, 5) is 14.9. The van der Waals surface area contributed by atoms with E-state index in [-0.39, 0.29) is 16.9 Å². The summed E-state index contributed by atoms with van der Waals surface area (Å²) in [5.74, 6) is 2.92. The molecule has 0 aromatic heterocycles. The average Bonchev–Trinajstić information content (AvgIpc) is 2.71. The number of hydrogen-bond donors (Lipinski definition) is 1. The lowest BCUT2D eigenvalue weighted by molar-refractivity contribution is -0.119. The van der Waals surface area contributed by atoms with Crippen LogP contribution in [0.1, 0.15) is 54.4 Å². The highest BCUT2D eigenvalue weighted by Crippen LogP contribution is 2.28. The zero-order valence-electron chi connectivity index (χ0n) is 19.5. The minimum Gasteiger partial charge on any atom is -0.491 e. The highest BCUT2D eigenvalue weighted by Gasteiger charge is 2.30. The highest BCUT2D eigenvalue weighted by atomic mass is 32.2. The summed E-state index contributed by atoms with van der Waals surface area (Å²) >= 11 is 1.95. The van der Waals surface area contributed by atoms with Gasteiger partial charge in [-0.1, -0.05) is 20.4 Å². The minimum atomic E-state index is -0.126. The Hall–Kier alpha value is -1.66. The molecule has 0 saturated carbocycles. The van der Waals surface area contributed by atoms with Crippen LogP contribution >= 0.6 is 11.8 Å². The summed E-state index contributed by atoms with van der Waals surface area (Å²) in [7, 11) is 0. The number of nitrogens with zero attached hydrogens (tertiary/aromatic N) is 1. The van der Waals surface area contributed by atoms with Gasteiger partial charge in [-0.25, -0.2) is 0 Å². The van der Waals surface area contributed by atoms with Crippen LogP contribution in [0.3, 0.4) is 0 Å². The Labute approximate surface area is 186 Å². The lowest BCUT2D eigenvalue weighted by atomic mass is 9.94. The van der Waals surface area contributed by atoms with E-state index in [1.165, 1.54) is 0 Å². The van der Waals surface area contributed by atoms with Gasteiger partial charge in [0.2, 0.25) is 5.91 Å². The molecular weight excluding hydrogens is 396 g/mol. The van der Waals surface area contributed by atoms with Crippen molar-refractivity contribution >= 4 is 17.7 Å². The van der Waals surface area contributed by atoms with E-state index in [1.807, 2.05) is 55.8 Å². The Kier molecular flexibility index (Phi) is 8.68. The number of hydrogen-bond acceptors (Lipinski definition) is 5. The number of carbonyl (C=O) groups excluding carboxylic acids is 1. The smallest absolute Gasteiger partial charge is 0.249 e. The standard InChI is InChI=1S/C24H38N2O3S/c1-8-28-16-23(5,6)17-29-21-10-9-18(2)26(15-21)20(4)19(3)22(27)25-24(7)11-13-30-14-12-24/h9-10,15H,2,8,11-14,16-17H2,1,3-7H3,(H,25,27)/b20-19+. The van der Waals surface area contributed by atoms with Crippen LogP contribution in [-0.4, -0.2) is 47.7 Å². The van der Waals surface area contributed by atoms with Crippen molar-refractivity contribution in [3.05, 3.63) is 47.7 Å². The predicted molar refractivity (Wildman–Crippen MR) is 126 cm³/mol. The Morgan fingerprint density at radius 3 is 2.57 bits per heavy atom. The molecule has 1 fully saturated rings. The van der Waals surface area contributed by atoms with E-state index in [9.17, 15) is 4.79 Å². The molecule has 2 aliphatic rings. The lowest BCUT2D eigenvalue weighted by Crippen LogP contribution is -2.48. The molecule has 0 unspecified atom stereocenters. The van der Waals surface area contributed by atoms with Crippen molar-refractivity contribution in [3.8, 4) is 0 Å². The van der Waals surface area contributed by atoms with Crippen LogP contribution in [-0.2, 0) is 14.3 Å². The maximum absolute atomic E-state index is 12.9. The number of carbonyl (C=O) groups is 1. The van der Waals surface area contributed by atoms with Crippen LogP contribution in [0.4, 0.5) is 0 Å². The quantitative estimate of drug-likeness (QED) is 0.518. The van der Waals surface area contributed by atoms with Gasteiger partial charge in [0, 0.05) is 34.5 Å². The molecule has 0 atom stereocenters. The van der Waals surface area contributed by atoms with E-state index in [1.54, 1.807) is 0 Å². The van der Waals surface area contributed by atoms with Gasteiger partial charge < -0.3 is 19.7 Å². The van der Waals surface area contributed by atoms with Crippen molar-refractivity contribution in [2.24, 2.45) is 5.41 Å². The van der Waals surface area contributed by atoms with Crippen LogP contribution in [0.15, 0.2) is 47.7 Å². The molecule has 0 aromatic rings. The van der Waals surface area contributed by atoms with Crippen LogP contribution in [0.2, 0.25) is 0 Å². The fraction of sp³-hybridized carbons (Fsp3) is 0.625. The third kappa shape index (κ3) is 6.95. The molecule has 2 rings (SSSR count). The van der Waals surface area contributed by atoms with Crippen molar-refractivity contribution in [2.45, 2.75) is 59.9 Å². The van der Waals surface area contributed by atoms with E-state index in [2.05, 4.69) is 32.7 Å². The zero-order chi connectivity index (χ0) is 22.4. The van der Waals surface area contributed by atoms with Crippen molar-refractivity contribution in [1.82, 2.24) is 10.2 Å². The number of nitrogens with one attached hydrogen (secondary N) is 1. The van der Waals surface area contributed by atoms with Crippen molar-refractivity contribution < 1.29 is 14.3 Å². The maximum Gasteiger partial charge on any atom is 0.249 e. The molecular formula is C24H38N2O3S. The molecule has 6 heteroatoms. The molecule has 0 bridgehead atoms. The first kappa shape index (κ1) is 24.6. The first-order chi connectivity index (χ1) is 14.1. The zero-order valence-corrected chi connectivity index (χ0v) is 20.3. The summed E-state index contributed by atoms with van der Waals surface area (Å²) in [5.41, 5.74) is 2.14. The van der Waals surface area contributed by atoms with Crippen LogP contribution in [0.5, 0.6) is 0 Å². The first-order valence-corrected chi connectivity index (χ1v) is 11.9. The van der Waals surface area contributed by atoms with Gasteiger partial charge in [0.1, 0.15) is 5.76 Å². The van der Waals surface area contributed by atoms with Gasteiger partial charge in [-0.3, -0.25) is 4.79 Å². The molecule has 2 heterocycles. The largest absolute Gasteiger partial charge is 0.491 e. The minimum absolute atomic E-state index is 0.0158. The number of ether oxygens (including phenoxy) is 2. The fourth-order valence-corrected chi connectivity index (χ4v) is 4.66. The summed E-state index contributed by atoms with van der Waals surface area (Å²) in [6.45, 7) is 18.2. The van der Waals surface area contributed by atoms with Crippen LogP contribution in [0, 0.1) is 5.41 Å². The van der Waals surface area contributed by atoms with Gasteiger partial charge in [-0.2, -0.15) is 11.8 Å². The summed E-state index contributed by atoms with van der Waals surface area (Å²) in [6, 6.07) is 0. The summed E-state index contributed by atoms with van der Waals surface area (Å²) in [5, 5.41) is 3.26. The fourth-order valence-electron chi connectivity index (χ4n) is 3.27. The molecule has 1 amide bonds. The second kappa shape index (κ2) is 10.6. The Balaban J connectivity index is 2.08. The topological polar surface area (TPSA) is 50.8 Å². The second-order valence-corrected chi connectivity index (χ2v) is 10.4. The van der Waals surface area contributed by atoms with Gasteiger partial charge in [0.15, 0.2) is 0 Å². The van der Waals surface area contributed by atoms with Crippen LogP contribution in [0.25, 0.3) is 0 Å². The van der Waals surface area contributed by atoms with E-state index >= 15 is 0 Å². The molecule has 2 aliphatic heterocycles. The van der Waals surface area contributed by atoms with Crippen molar-refractivity contribution in [1.29, 1.82) is 0 Å². The molecule has 0 spiro atoms. The Morgan fingerprint density at radius 2 is 1.93 bits per heavy atom. The van der Waals surface area contributed by atoms with Crippen molar-refractivity contribution in [2.75, 3.05) is 31.3 Å². The van der Waals surface area contributed by atoms with Gasteiger partial charge in [0.25, 0.3) is 0 Å². The van der Waals surface area contributed by atoms with E-state index in [0.717, 1.165) is 41.5 Å². The molecule has 5 nitrogen and oxygen atoms in total. The van der Waals surface area contributed by atoms with E-state index in [0.29, 0.717) is 25.4 Å². The Morgan fingerprint density at radius 1 is 1.27 bits per heavy atom. The Bertz CT molecular complexity index is 731. The highest BCUT2D eigenvalue weighted by molar-refractivity contribution is 7.99. The summed E-state index contributed by atoms with van der Waals surface area (Å²) in [6.07, 6.45) is 7.75. The van der Waals surface area contributed by atoms with E-state index < -0.39 is 0 Å². The predicted octanol–water partition coefficient (Wildman–Crippen LogP) is 4.99.